The standard InChI is InChI=1S/C25H25N3O5S/c1-16(28-21-12-4-7-17-8-5-13-22(23(17)21)34(28,31)32)24(29)27-20-11-3-2-10-19(20)25(30)26-15-18-9-6-14-33-18/h2-5,7-8,10-13,16,18H,6,9,14-15H2,1H3,(H,26,30)(H,27,29)/t16-,18+/m1/s1. The van der Waals surface area contributed by atoms with Gasteiger partial charge in [-0.1, -0.05) is 36.4 Å². The molecule has 9 heteroatoms. The van der Waals surface area contributed by atoms with E-state index in [4.69, 9.17) is 4.74 Å². The lowest BCUT2D eigenvalue weighted by molar-refractivity contribution is -0.116. The van der Waals surface area contributed by atoms with Crippen molar-refractivity contribution in [3.8, 4) is 0 Å². The molecule has 3 aromatic rings. The van der Waals surface area contributed by atoms with Crippen LogP contribution in [0.5, 0.6) is 0 Å². The summed E-state index contributed by atoms with van der Waals surface area (Å²) in [6.45, 7) is 2.63. The van der Waals surface area contributed by atoms with Crippen molar-refractivity contribution in [3.63, 3.8) is 0 Å². The molecule has 0 bridgehead atoms. The first kappa shape index (κ1) is 22.4. The lowest BCUT2D eigenvalue weighted by atomic mass is 10.1. The Bertz CT molecular complexity index is 1380. The van der Waals surface area contributed by atoms with Crippen LogP contribution in [0.25, 0.3) is 10.8 Å². The van der Waals surface area contributed by atoms with Gasteiger partial charge in [0, 0.05) is 18.5 Å². The van der Waals surface area contributed by atoms with E-state index in [1.54, 1.807) is 48.5 Å². The number of carbonyl (C=O) groups is 2. The topological polar surface area (TPSA) is 105 Å². The molecular formula is C25H25N3O5S. The molecule has 2 aliphatic rings. The maximum absolute atomic E-state index is 13.3. The summed E-state index contributed by atoms with van der Waals surface area (Å²) in [4.78, 5) is 26.2. The van der Waals surface area contributed by atoms with Crippen molar-refractivity contribution in [1.82, 2.24) is 5.32 Å². The molecule has 1 fully saturated rings. The minimum absolute atomic E-state index is 0.00422. The Kier molecular flexibility index (Phi) is 5.75. The van der Waals surface area contributed by atoms with E-state index in [9.17, 15) is 18.0 Å². The molecule has 2 heterocycles. The molecule has 2 amide bonds. The van der Waals surface area contributed by atoms with Gasteiger partial charge >= 0.3 is 0 Å². The van der Waals surface area contributed by atoms with Crippen LogP contribution in [-0.2, 0) is 19.6 Å². The van der Waals surface area contributed by atoms with Crippen LogP contribution in [0.2, 0.25) is 0 Å². The molecule has 1 saturated heterocycles. The van der Waals surface area contributed by atoms with Crippen LogP contribution < -0.4 is 14.9 Å². The van der Waals surface area contributed by atoms with Crippen molar-refractivity contribution in [2.75, 3.05) is 22.8 Å². The molecule has 0 saturated carbocycles. The zero-order valence-electron chi connectivity index (χ0n) is 18.7. The van der Waals surface area contributed by atoms with Crippen LogP contribution in [0, 0.1) is 0 Å². The van der Waals surface area contributed by atoms with Gasteiger partial charge in [-0.2, -0.15) is 0 Å². The summed E-state index contributed by atoms with van der Waals surface area (Å²) in [7, 11) is -3.90. The normalized spacial score (nSPS) is 19.2. The van der Waals surface area contributed by atoms with Gasteiger partial charge in [0.25, 0.3) is 15.9 Å². The van der Waals surface area contributed by atoms with E-state index in [2.05, 4.69) is 10.6 Å². The quantitative estimate of drug-likeness (QED) is 0.565. The lowest BCUT2D eigenvalue weighted by Crippen LogP contribution is -2.44. The zero-order valence-corrected chi connectivity index (χ0v) is 19.5. The highest BCUT2D eigenvalue weighted by Gasteiger charge is 2.41. The van der Waals surface area contributed by atoms with E-state index in [0.29, 0.717) is 35.5 Å². The van der Waals surface area contributed by atoms with Gasteiger partial charge in [-0.3, -0.25) is 13.9 Å². The molecule has 0 aliphatic carbocycles. The summed E-state index contributed by atoms with van der Waals surface area (Å²) in [6.07, 6.45) is 1.87. The van der Waals surface area contributed by atoms with Crippen molar-refractivity contribution in [1.29, 1.82) is 0 Å². The summed E-state index contributed by atoms with van der Waals surface area (Å²) in [5.41, 5.74) is 1.09. The number of sulfonamides is 1. The maximum atomic E-state index is 13.3. The third-order valence-electron chi connectivity index (χ3n) is 6.29. The molecule has 3 aromatic carbocycles. The molecule has 0 aromatic heterocycles. The lowest BCUT2D eigenvalue weighted by Gasteiger charge is -2.25. The van der Waals surface area contributed by atoms with Crippen LogP contribution in [0.4, 0.5) is 11.4 Å². The molecule has 0 radical (unpaired) electrons. The first-order valence-corrected chi connectivity index (χ1v) is 12.7. The van der Waals surface area contributed by atoms with Crippen molar-refractivity contribution in [3.05, 3.63) is 66.2 Å². The molecule has 2 atom stereocenters. The molecule has 0 spiro atoms. The summed E-state index contributed by atoms with van der Waals surface area (Å²) in [5.74, 6) is -0.863. The Labute approximate surface area is 197 Å². The Balaban J connectivity index is 1.38. The van der Waals surface area contributed by atoms with Crippen LogP contribution in [0.15, 0.2) is 65.6 Å². The number of benzene rings is 3. The Morgan fingerprint density at radius 2 is 1.85 bits per heavy atom. The minimum Gasteiger partial charge on any atom is -0.376 e. The first-order chi connectivity index (χ1) is 16.4. The number of carbonyl (C=O) groups excluding carboxylic acids is 2. The number of hydrogen-bond acceptors (Lipinski definition) is 5. The number of anilines is 2. The fourth-order valence-electron chi connectivity index (χ4n) is 4.58. The molecule has 5 rings (SSSR count). The van der Waals surface area contributed by atoms with E-state index in [-0.39, 0.29) is 16.9 Å². The van der Waals surface area contributed by atoms with E-state index >= 15 is 0 Å². The minimum atomic E-state index is -3.90. The van der Waals surface area contributed by atoms with Crippen molar-refractivity contribution >= 4 is 44.0 Å². The average molecular weight is 480 g/mol. The van der Waals surface area contributed by atoms with Crippen LogP contribution >= 0.6 is 0 Å². The molecule has 176 valence electrons. The fraction of sp³-hybridized carbons (Fsp3) is 0.280. The number of nitrogens with one attached hydrogen (secondary N) is 2. The molecular weight excluding hydrogens is 454 g/mol. The number of amides is 2. The van der Waals surface area contributed by atoms with E-state index in [0.717, 1.165) is 22.5 Å². The van der Waals surface area contributed by atoms with Gasteiger partial charge in [0.2, 0.25) is 5.91 Å². The second-order valence-corrected chi connectivity index (χ2v) is 10.3. The molecule has 0 unspecified atom stereocenters. The van der Waals surface area contributed by atoms with Crippen molar-refractivity contribution < 1.29 is 22.7 Å². The second kappa shape index (κ2) is 8.73. The Morgan fingerprint density at radius 3 is 2.62 bits per heavy atom. The van der Waals surface area contributed by atoms with Crippen LogP contribution in [-0.4, -0.2) is 45.5 Å². The van der Waals surface area contributed by atoms with Crippen molar-refractivity contribution in [2.24, 2.45) is 0 Å². The van der Waals surface area contributed by atoms with Crippen LogP contribution in [0.1, 0.15) is 30.1 Å². The molecule has 2 N–H and O–H groups in total. The highest BCUT2D eigenvalue weighted by Crippen LogP contribution is 2.43. The van der Waals surface area contributed by atoms with E-state index in [1.807, 2.05) is 12.1 Å². The molecule has 34 heavy (non-hydrogen) atoms. The zero-order chi connectivity index (χ0) is 23.9. The van der Waals surface area contributed by atoms with Gasteiger partial charge in [-0.25, -0.2) is 8.42 Å². The summed E-state index contributed by atoms with van der Waals surface area (Å²) < 4.78 is 33.3. The fourth-order valence-corrected chi connectivity index (χ4v) is 6.45. The maximum Gasteiger partial charge on any atom is 0.265 e. The number of rotatable bonds is 6. The number of para-hydroxylation sites is 1. The third-order valence-corrected chi connectivity index (χ3v) is 8.22. The highest BCUT2D eigenvalue weighted by molar-refractivity contribution is 7.93. The van der Waals surface area contributed by atoms with E-state index in [1.165, 1.54) is 6.92 Å². The largest absolute Gasteiger partial charge is 0.376 e. The Hall–Kier alpha value is -3.43. The molecule has 8 nitrogen and oxygen atoms in total. The van der Waals surface area contributed by atoms with Gasteiger partial charge in [0.1, 0.15) is 6.04 Å². The number of hydrogen-bond donors (Lipinski definition) is 2. The smallest absolute Gasteiger partial charge is 0.265 e. The number of ether oxygens (including phenoxy) is 1. The van der Waals surface area contributed by atoms with Gasteiger partial charge < -0.3 is 15.4 Å². The average Bonchev–Trinajstić information content (AvgIpc) is 3.43. The van der Waals surface area contributed by atoms with Gasteiger partial charge in [0.15, 0.2) is 0 Å². The Morgan fingerprint density at radius 1 is 1.09 bits per heavy atom. The van der Waals surface area contributed by atoms with E-state index < -0.39 is 22.0 Å². The summed E-state index contributed by atoms with van der Waals surface area (Å²) in [6, 6.07) is 16.0. The third kappa shape index (κ3) is 3.80. The first-order valence-electron chi connectivity index (χ1n) is 11.2. The van der Waals surface area contributed by atoms with Crippen molar-refractivity contribution in [2.45, 2.75) is 36.8 Å². The van der Waals surface area contributed by atoms with Gasteiger partial charge in [0.05, 0.1) is 27.9 Å². The predicted octanol–water partition coefficient (Wildman–Crippen LogP) is 3.28. The summed E-state index contributed by atoms with van der Waals surface area (Å²) >= 11 is 0. The van der Waals surface area contributed by atoms with Gasteiger partial charge in [-0.15, -0.1) is 0 Å². The SMILES string of the molecule is C[C@H](C(=O)Nc1ccccc1C(=O)NC[C@@H]1CCCO1)N1c2cccc3cccc(c23)S1(=O)=O. The predicted molar refractivity (Wildman–Crippen MR) is 129 cm³/mol. The second-order valence-electron chi connectivity index (χ2n) is 8.49. The monoisotopic (exact) mass is 479 g/mol. The highest BCUT2D eigenvalue weighted by atomic mass is 32.2. The molecule has 2 aliphatic heterocycles. The summed E-state index contributed by atoms with van der Waals surface area (Å²) in [5, 5.41) is 7.01. The van der Waals surface area contributed by atoms with Gasteiger partial charge in [-0.05, 0) is 49.4 Å². The van der Waals surface area contributed by atoms with Crippen LogP contribution in [0.3, 0.4) is 0 Å². The number of nitrogens with zero attached hydrogens (tertiary/aromatic N) is 1.